The molecule has 4 rings (SSSR count). The van der Waals surface area contributed by atoms with E-state index in [9.17, 15) is 24.6 Å². The SMILES string of the molecule is C=CCN(C(=O)C1N([C@@H](CO)CC(C)C)C(=O)[C@@H]2[C@H](C(=O)O)[C@]3(C)CCC12S3)c1ccc(Cl)cc1. The number of aliphatic carboxylic acids is 1. The molecule has 6 atom stereocenters. The third-order valence-electron chi connectivity index (χ3n) is 7.78. The lowest BCUT2D eigenvalue weighted by molar-refractivity contribution is -0.150. The highest BCUT2D eigenvalue weighted by Crippen LogP contribution is 2.71. The number of rotatable bonds is 9. The van der Waals surface area contributed by atoms with Gasteiger partial charge in [0.25, 0.3) is 5.91 Å². The first kappa shape index (κ1) is 26.0. The molecule has 3 aliphatic rings. The summed E-state index contributed by atoms with van der Waals surface area (Å²) in [7, 11) is 0. The number of amides is 2. The number of aliphatic hydroxyl groups is 1. The number of hydrogen-bond acceptors (Lipinski definition) is 5. The quantitative estimate of drug-likeness (QED) is 0.480. The van der Waals surface area contributed by atoms with Gasteiger partial charge in [-0.2, -0.15) is 0 Å². The van der Waals surface area contributed by atoms with E-state index >= 15 is 0 Å². The molecule has 3 aliphatic heterocycles. The predicted molar refractivity (Wildman–Crippen MR) is 138 cm³/mol. The van der Waals surface area contributed by atoms with Gasteiger partial charge in [0.2, 0.25) is 5.91 Å². The third-order valence-corrected chi connectivity index (χ3v) is 10.0. The van der Waals surface area contributed by atoms with Crippen LogP contribution in [0.25, 0.3) is 0 Å². The van der Waals surface area contributed by atoms with Crippen LogP contribution in [0, 0.1) is 17.8 Å². The van der Waals surface area contributed by atoms with Crippen LogP contribution in [0.4, 0.5) is 5.69 Å². The lowest BCUT2D eigenvalue weighted by Gasteiger charge is -2.40. The van der Waals surface area contributed by atoms with Gasteiger partial charge in [0, 0.05) is 22.0 Å². The monoisotopic (exact) mass is 520 g/mol. The molecule has 1 spiro atoms. The smallest absolute Gasteiger partial charge is 0.308 e. The molecule has 190 valence electrons. The first-order valence-corrected chi connectivity index (χ1v) is 13.2. The van der Waals surface area contributed by atoms with Crippen molar-refractivity contribution >= 4 is 46.8 Å². The summed E-state index contributed by atoms with van der Waals surface area (Å²) in [6.07, 6.45) is 3.33. The Morgan fingerprint density at radius 3 is 2.51 bits per heavy atom. The van der Waals surface area contributed by atoms with Crippen molar-refractivity contribution < 1.29 is 24.6 Å². The Balaban J connectivity index is 1.85. The number of hydrogen-bond donors (Lipinski definition) is 2. The first-order chi connectivity index (χ1) is 16.5. The largest absolute Gasteiger partial charge is 0.481 e. The van der Waals surface area contributed by atoms with E-state index in [1.807, 2.05) is 20.8 Å². The molecule has 1 aromatic carbocycles. The number of anilines is 1. The first-order valence-electron chi connectivity index (χ1n) is 12.0. The number of likely N-dealkylation sites (tertiary alicyclic amines) is 1. The topological polar surface area (TPSA) is 98.2 Å². The van der Waals surface area contributed by atoms with Gasteiger partial charge in [0.15, 0.2) is 0 Å². The Hall–Kier alpha value is -2.03. The molecule has 0 saturated carbocycles. The predicted octanol–water partition coefficient (Wildman–Crippen LogP) is 3.83. The molecule has 2 unspecified atom stereocenters. The minimum atomic E-state index is -1.00. The fourth-order valence-electron chi connectivity index (χ4n) is 6.45. The molecule has 0 aliphatic carbocycles. The molecule has 3 fully saturated rings. The van der Waals surface area contributed by atoms with Gasteiger partial charge < -0.3 is 20.0 Å². The van der Waals surface area contributed by atoms with E-state index < -0.39 is 39.4 Å². The number of halogens is 1. The van der Waals surface area contributed by atoms with E-state index in [1.165, 1.54) is 16.7 Å². The summed E-state index contributed by atoms with van der Waals surface area (Å²) in [5, 5.41) is 21.0. The van der Waals surface area contributed by atoms with Gasteiger partial charge in [0.1, 0.15) is 6.04 Å². The molecule has 0 aromatic heterocycles. The molecule has 3 heterocycles. The Bertz CT molecular complexity index is 1030. The van der Waals surface area contributed by atoms with Crippen LogP contribution in [0.5, 0.6) is 0 Å². The Morgan fingerprint density at radius 2 is 1.97 bits per heavy atom. The number of carbonyl (C=O) groups excluding carboxylic acids is 2. The van der Waals surface area contributed by atoms with E-state index in [2.05, 4.69) is 6.58 Å². The van der Waals surface area contributed by atoms with Crippen molar-refractivity contribution in [1.29, 1.82) is 0 Å². The van der Waals surface area contributed by atoms with Crippen LogP contribution < -0.4 is 4.90 Å². The van der Waals surface area contributed by atoms with Crippen LogP contribution >= 0.6 is 23.4 Å². The number of carboxylic acid groups (broad SMARTS) is 1. The van der Waals surface area contributed by atoms with Crippen LogP contribution in [0.1, 0.15) is 40.0 Å². The molecule has 2 bridgehead atoms. The van der Waals surface area contributed by atoms with Crippen LogP contribution in [0.15, 0.2) is 36.9 Å². The zero-order chi connectivity index (χ0) is 25.7. The van der Waals surface area contributed by atoms with Crippen LogP contribution in [0.2, 0.25) is 5.02 Å². The maximum absolute atomic E-state index is 14.4. The zero-order valence-electron chi connectivity index (χ0n) is 20.3. The lowest BCUT2D eigenvalue weighted by atomic mass is 9.66. The molecule has 1 aromatic rings. The summed E-state index contributed by atoms with van der Waals surface area (Å²) in [4.78, 5) is 43.9. The van der Waals surface area contributed by atoms with Gasteiger partial charge in [-0.05, 0) is 56.4 Å². The average Bonchev–Trinajstić information content (AvgIpc) is 3.37. The molecule has 7 nitrogen and oxygen atoms in total. The second kappa shape index (κ2) is 9.45. The molecule has 2 amide bonds. The van der Waals surface area contributed by atoms with E-state index in [-0.39, 0.29) is 30.9 Å². The normalized spacial score (nSPS) is 32.1. The maximum Gasteiger partial charge on any atom is 0.308 e. The number of carbonyl (C=O) groups is 3. The molecule has 0 radical (unpaired) electrons. The van der Waals surface area contributed by atoms with Crippen molar-refractivity contribution in [3.8, 4) is 0 Å². The number of benzene rings is 1. The number of fused-ring (bicyclic) bond motifs is 1. The van der Waals surface area contributed by atoms with Gasteiger partial charge in [0.05, 0.1) is 29.2 Å². The molecule has 35 heavy (non-hydrogen) atoms. The van der Waals surface area contributed by atoms with Gasteiger partial charge in [-0.15, -0.1) is 18.3 Å². The molecular formula is C26H33ClN2O5S. The standard InChI is InChI=1S/C26H33ClN2O5S/c1-5-12-28(17-8-6-16(27)7-9-17)23(32)21-26-11-10-25(4,35-26)20(24(33)34)19(26)22(31)29(21)18(14-30)13-15(2)3/h5-9,15,18-21,30H,1,10-14H2,2-4H3,(H,33,34)/t18-,19+,20-,21?,25+,26?/m1/s1. The fourth-order valence-corrected chi connectivity index (χ4v) is 8.91. The van der Waals surface area contributed by atoms with E-state index in [0.29, 0.717) is 30.0 Å². The van der Waals surface area contributed by atoms with Crippen molar-refractivity contribution in [1.82, 2.24) is 4.90 Å². The average molecular weight is 521 g/mol. The van der Waals surface area contributed by atoms with Crippen LogP contribution in [-0.4, -0.2) is 67.6 Å². The fraction of sp³-hybridized carbons (Fsp3) is 0.577. The maximum atomic E-state index is 14.4. The Labute approximate surface area is 215 Å². The number of aliphatic hydroxyl groups excluding tert-OH is 1. The lowest BCUT2D eigenvalue weighted by Crippen LogP contribution is -2.57. The van der Waals surface area contributed by atoms with Gasteiger partial charge in [-0.3, -0.25) is 14.4 Å². The van der Waals surface area contributed by atoms with E-state index in [4.69, 9.17) is 11.6 Å². The van der Waals surface area contributed by atoms with E-state index in [0.717, 1.165) is 0 Å². The molecule has 2 N–H and O–H groups in total. The summed E-state index contributed by atoms with van der Waals surface area (Å²) < 4.78 is -1.48. The van der Waals surface area contributed by atoms with Crippen LogP contribution in [-0.2, 0) is 14.4 Å². The summed E-state index contributed by atoms with van der Waals surface area (Å²) in [6, 6.07) is 5.44. The van der Waals surface area contributed by atoms with Crippen molar-refractivity contribution in [2.75, 3.05) is 18.1 Å². The number of thioether (sulfide) groups is 1. The molecular weight excluding hydrogens is 488 g/mol. The molecule has 9 heteroatoms. The van der Waals surface area contributed by atoms with Crippen molar-refractivity contribution in [2.45, 2.75) is 61.6 Å². The second-order valence-electron chi connectivity index (χ2n) is 10.5. The van der Waals surface area contributed by atoms with Crippen LogP contribution in [0.3, 0.4) is 0 Å². The number of nitrogens with zero attached hydrogens (tertiary/aromatic N) is 2. The Morgan fingerprint density at radius 1 is 1.31 bits per heavy atom. The zero-order valence-corrected chi connectivity index (χ0v) is 21.9. The summed E-state index contributed by atoms with van der Waals surface area (Å²) in [5.41, 5.74) is 0.620. The van der Waals surface area contributed by atoms with Crippen molar-refractivity contribution in [3.63, 3.8) is 0 Å². The minimum absolute atomic E-state index is 0.172. The third kappa shape index (κ3) is 4.07. The van der Waals surface area contributed by atoms with Gasteiger partial charge in [-0.1, -0.05) is 31.5 Å². The molecule has 3 saturated heterocycles. The van der Waals surface area contributed by atoms with Gasteiger partial charge in [-0.25, -0.2) is 0 Å². The summed E-state index contributed by atoms with van der Waals surface area (Å²) in [5.74, 6) is -3.14. The summed E-state index contributed by atoms with van der Waals surface area (Å²) in [6.45, 7) is 9.64. The van der Waals surface area contributed by atoms with Crippen molar-refractivity contribution in [3.05, 3.63) is 41.9 Å². The number of carboxylic acids is 1. The highest BCUT2D eigenvalue weighted by atomic mass is 35.5. The van der Waals surface area contributed by atoms with Gasteiger partial charge >= 0.3 is 5.97 Å². The van der Waals surface area contributed by atoms with Crippen molar-refractivity contribution in [2.24, 2.45) is 17.8 Å². The highest BCUT2D eigenvalue weighted by molar-refractivity contribution is 8.02. The minimum Gasteiger partial charge on any atom is -0.481 e. The summed E-state index contributed by atoms with van der Waals surface area (Å²) >= 11 is 7.56. The highest BCUT2D eigenvalue weighted by Gasteiger charge is 2.78. The second-order valence-corrected chi connectivity index (χ2v) is 12.8. The van der Waals surface area contributed by atoms with E-state index in [1.54, 1.807) is 35.2 Å². The Kier molecular flexibility index (Phi) is 7.03.